The number of aryl methyl sites for hydroxylation is 2. The Bertz CT molecular complexity index is 1300. The van der Waals surface area contributed by atoms with Gasteiger partial charge in [-0.1, -0.05) is 35.9 Å². The predicted octanol–water partition coefficient (Wildman–Crippen LogP) is 5.47. The Morgan fingerprint density at radius 2 is 1.86 bits per heavy atom. The largest absolute Gasteiger partial charge is 0.493 e. The summed E-state index contributed by atoms with van der Waals surface area (Å²) in [6.45, 7) is 6.98. The molecule has 0 spiro atoms. The maximum atomic E-state index is 13.6. The van der Waals surface area contributed by atoms with Crippen LogP contribution in [0.25, 0.3) is 0 Å². The van der Waals surface area contributed by atoms with E-state index < -0.39 is 5.97 Å². The molecule has 0 saturated heterocycles. The first-order chi connectivity index (χ1) is 16.8. The van der Waals surface area contributed by atoms with Gasteiger partial charge in [0.1, 0.15) is 11.5 Å². The van der Waals surface area contributed by atoms with Gasteiger partial charge in [0.05, 0.1) is 25.6 Å². The molecule has 0 radical (unpaired) electrons. The second-order valence-electron chi connectivity index (χ2n) is 9.52. The van der Waals surface area contributed by atoms with Crippen LogP contribution in [0.3, 0.4) is 0 Å². The Balaban J connectivity index is 1.33. The number of carbonyl (C=O) groups is 2. The van der Waals surface area contributed by atoms with E-state index in [9.17, 15) is 14.7 Å². The van der Waals surface area contributed by atoms with Crippen LogP contribution in [0.4, 0.5) is 5.69 Å². The predicted molar refractivity (Wildman–Crippen MR) is 134 cm³/mol. The number of fused-ring (bicyclic) bond motifs is 2. The molecule has 0 aliphatic carbocycles. The van der Waals surface area contributed by atoms with Gasteiger partial charge in [-0.25, -0.2) is 0 Å². The van der Waals surface area contributed by atoms with E-state index in [0.29, 0.717) is 24.5 Å². The van der Waals surface area contributed by atoms with Gasteiger partial charge in [-0.05, 0) is 62.2 Å². The maximum absolute atomic E-state index is 13.6. The molecule has 3 atom stereocenters. The number of anilines is 1. The molecule has 35 heavy (non-hydrogen) atoms. The molecular formula is C29H29NO5. The number of para-hydroxylation sites is 1. The summed E-state index contributed by atoms with van der Waals surface area (Å²) < 4.78 is 11.9. The van der Waals surface area contributed by atoms with Crippen molar-refractivity contribution in [3.8, 4) is 11.5 Å². The molecule has 2 aliphatic rings. The van der Waals surface area contributed by atoms with Crippen molar-refractivity contribution in [3.63, 3.8) is 0 Å². The van der Waals surface area contributed by atoms with E-state index in [1.165, 1.54) is 11.1 Å². The maximum Gasteiger partial charge on any atom is 0.304 e. The number of ether oxygens (including phenoxy) is 2. The minimum atomic E-state index is -0.867. The van der Waals surface area contributed by atoms with Crippen molar-refractivity contribution in [2.75, 3.05) is 18.1 Å². The van der Waals surface area contributed by atoms with Gasteiger partial charge in [0, 0.05) is 28.8 Å². The van der Waals surface area contributed by atoms with Crippen molar-refractivity contribution in [3.05, 3.63) is 88.5 Å². The highest BCUT2D eigenvalue weighted by molar-refractivity contribution is 6.09. The Morgan fingerprint density at radius 3 is 2.63 bits per heavy atom. The van der Waals surface area contributed by atoms with Gasteiger partial charge in [-0.15, -0.1) is 0 Å². The van der Waals surface area contributed by atoms with E-state index in [0.717, 1.165) is 22.6 Å². The van der Waals surface area contributed by atoms with E-state index in [1.54, 1.807) is 11.0 Å². The summed E-state index contributed by atoms with van der Waals surface area (Å²) in [4.78, 5) is 26.8. The SMILES string of the molecule is Cc1ccc2c(c1)[C@H](COc1ccc(C(=O)N3c4ccccc4C(CC(=O)O)C3C)c(C)c1)CO2. The van der Waals surface area contributed by atoms with E-state index in [2.05, 4.69) is 13.0 Å². The first-order valence-corrected chi connectivity index (χ1v) is 11.9. The molecule has 0 bridgehead atoms. The standard InChI is InChI=1S/C29H29NO5/c1-17-8-11-27-25(12-17)20(16-35-27)15-34-21-9-10-22(18(2)13-21)29(33)30-19(3)24(14-28(31)32)23-6-4-5-7-26(23)30/h4-13,19-20,24H,14-16H2,1-3H3,(H,31,32)/t19?,20-,24?/m1/s1. The molecule has 0 aromatic heterocycles. The Kier molecular flexibility index (Phi) is 5.97. The van der Waals surface area contributed by atoms with Crippen LogP contribution in [-0.2, 0) is 4.79 Å². The zero-order valence-corrected chi connectivity index (χ0v) is 20.2. The summed E-state index contributed by atoms with van der Waals surface area (Å²) in [5, 5.41) is 9.41. The van der Waals surface area contributed by atoms with Gasteiger partial charge in [-0.2, -0.15) is 0 Å². The fourth-order valence-corrected chi connectivity index (χ4v) is 5.27. The van der Waals surface area contributed by atoms with Crippen molar-refractivity contribution in [2.45, 2.75) is 45.1 Å². The molecule has 6 nitrogen and oxygen atoms in total. The highest BCUT2D eigenvalue weighted by Crippen LogP contribution is 2.43. The smallest absolute Gasteiger partial charge is 0.304 e. The number of hydrogen-bond acceptors (Lipinski definition) is 4. The molecule has 0 saturated carbocycles. The number of nitrogens with zero attached hydrogens (tertiary/aromatic N) is 1. The molecule has 1 N–H and O–H groups in total. The number of aliphatic carboxylic acids is 1. The summed E-state index contributed by atoms with van der Waals surface area (Å²) in [6, 6.07) is 19.1. The second-order valence-corrected chi connectivity index (χ2v) is 9.52. The highest BCUT2D eigenvalue weighted by atomic mass is 16.5. The third-order valence-corrected chi connectivity index (χ3v) is 7.12. The summed E-state index contributed by atoms with van der Waals surface area (Å²) in [7, 11) is 0. The van der Waals surface area contributed by atoms with Crippen molar-refractivity contribution >= 4 is 17.6 Å². The van der Waals surface area contributed by atoms with E-state index in [-0.39, 0.29) is 30.2 Å². The van der Waals surface area contributed by atoms with Gasteiger partial charge in [0.15, 0.2) is 0 Å². The minimum absolute atomic E-state index is 0.0126. The van der Waals surface area contributed by atoms with Crippen molar-refractivity contribution in [2.24, 2.45) is 0 Å². The van der Waals surface area contributed by atoms with Crippen LogP contribution >= 0.6 is 0 Å². The average molecular weight is 472 g/mol. The quantitative estimate of drug-likeness (QED) is 0.516. The zero-order valence-electron chi connectivity index (χ0n) is 20.2. The van der Waals surface area contributed by atoms with Gasteiger partial charge in [-0.3, -0.25) is 9.59 Å². The molecule has 180 valence electrons. The molecule has 2 heterocycles. The molecule has 5 rings (SSSR count). The molecule has 2 unspecified atom stereocenters. The van der Waals surface area contributed by atoms with Gasteiger partial charge in [0.25, 0.3) is 5.91 Å². The van der Waals surface area contributed by atoms with Gasteiger partial charge in [0.2, 0.25) is 0 Å². The topological polar surface area (TPSA) is 76.1 Å². The molecule has 3 aromatic carbocycles. The van der Waals surface area contributed by atoms with Crippen molar-refractivity contribution in [1.29, 1.82) is 0 Å². The van der Waals surface area contributed by atoms with Gasteiger partial charge < -0.3 is 19.5 Å². The third kappa shape index (κ3) is 4.25. The lowest BCUT2D eigenvalue weighted by atomic mass is 9.92. The van der Waals surface area contributed by atoms with Crippen molar-refractivity contribution < 1.29 is 24.2 Å². The fourth-order valence-electron chi connectivity index (χ4n) is 5.27. The number of carboxylic acids is 1. The van der Waals surface area contributed by atoms with E-state index in [4.69, 9.17) is 9.47 Å². The Hall–Kier alpha value is -3.80. The van der Waals surface area contributed by atoms with Crippen LogP contribution in [0, 0.1) is 13.8 Å². The summed E-state index contributed by atoms with van der Waals surface area (Å²) in [6.07, 6.45) is -0.0126. The molecule has 3 aromatic rings. The van der Waals surface area contributed by atoms with E-state index in [1.807, 2.05) is 62.4 Å². The summed E-state index contributed by atoms with van der Waals surface area (Å²) in [5.74, 6) is 0.557. The Labute approximate surface area is 205 Å². The number of carboxylic acid groups (broad SMARTS) is 1. The first kappa shape index (κ1) is 23.0. The number of amides is 1. The van der Waals surface area contributed by atoms with Gasteiger partial charge >= 0.3 is 5.97 Å². The highest BCUT2D eigenvalue weighted by Gasteiger charge is 2.40. The lowest BCUT2D eigenvalue weighted by Gasteiger charge is -2.26. The second kappa shape index (κ2) is 9.10. The van der Waals surface area contributed by atoms with Crippen LogP contribution in [0.5, 0.6) is 11.5 Å². The van der Waals surface area contributed by atoms with Crippen LogP contribution in [-0.4, -0.2) is 36.2 Å². The van der Waals surface area contributed by atoms with Crippen LogP contribution in [0.2, 0.25) is 0 Å². The van der Waals surface area contributed by atoms with Crippen molar-refractivity contribution in [1.82, 2.24) is 0 Å². The summed E-state index contributed by atoms with van der Waals surface area (Å²) in [5.41, 5.74) is 5.46. The summed E-state index contributed by atoms with van der Waals surface area (Å²) >= 11 is 0. The number of hydrogen-bond donors (Lipinski definition) is 1. The first-order valence-electron chi connectivity index (χ1n) is 11.9. The minimum Gasteiger partial charge on any atom is -0.493 e. The lowest BCUT2D eigenvalue weighted by molar-refractivity contribution is -0.137. The molecular weight excluding hydrogens is 442 g/mol. The normalized spacial score (nSPS) is 20.2. The fraction of sp³-hybridized carbons (Fsp3) is 0.310. The van der Waals surface area contributed by atoms with Crippen LogP contribution < -0.4 is 14.4 Å². The lowest BCUT2D eigenvalue weighted by Crippen LogP contribution is -2.38. The number of carbonyl (C=O) groups excluding carboxylic acids is 1. The number of benzene rings is 3. The van der Waals surface area contributed by atoms with Crippen LogP contribution in [0.1, 0.15) is 57.8 Å². The van der Waals surface area contributed by atoms with Crippen LogP contribution in [0.15, 0.2) is 60.7 Å². The number of rotatable bonds is 6. The third-order valence-electron chi connectivity index (χ3n) is 7.12. The zero-order chi connectivity index (χ0) is 24.7. The molecule has 2 aliphatic heterocycles. The Morgan fingerprint density at radius 1 is 1.06 bits per heavy atom. The monoisotopic (exact) mass is 471 g/mol. The molecule has 6 heteroatoms. The van der Waals surface area contributed by atoms with E-state index >= 15 is 0 Å². The molecule has 0 fully saturated rings. The molecule has 1 amide bonds. The average Bonchev–Trinajstić information content (AvgIpc) is 3.35.